The molecule has 18 heavy (non-hydrogen) atoms. The first kappa shape index (κ1) is 10.8. The topological polar surface area (TPSA) is 82.0 Å². The van der Waals surface area contributed by atoms with Crippen molar-refractivity contribution in [1.29, 1.82) is 0 Å². The molecule has 2 aromatic heterocycles. The van der Waals surface area contributed by atoms with Crippen molar-refractivity contribution in [3.8, 4) is 0 Å². The quantitative estimate of drug-likeness (QED) is 0.759. The van der Waals surface area contributed by atoms with E-state index in [0.29, 0.717) is 24.5 Å². The van der Waals surface area contributed by atoms with E-state index < -0.39 is 0 Å². The van der Waals surface area contributed by atoms with Crippen LogP contribution in [0.4, 0.5) is 5.69 Å². The van der Waals surface area contributed by atoms with Crippen LogP contribution in [0, 0.1) is 0 Å². The van der Waals surface area contributed by atoms with E-state index in [1.54, 1.807) is 29.0 Å². The highest BCUT2D eigenvalue weighted by Gasteiger charge is 2.25. The molecule has 0 saturated heterocycles. The summed E-state index contributed by atoms with van der Waals surface area (Å²) in [6.07, 6.45) is 5.31. The Morgan fingerprint density at radius 1 is 1.44 bits per heavy atom. The predicted octanol–water partition coefficient (Wildman–Crippen LogP) is -0.145. The van der Waals surface area contributed by atoms with E-state index >= 15 is 0 Å². The Kier molecular flexibility index (Phi) is 2.32. The molecule has 0 radical (unpaired) electrons. The Bertz CT molecular complexity index is 598. The third-order valence-corrected chi connectivity index (χ3v) is 3.09. The van der Waals surface area contributed by atoms with Crippen LogP contribution < -0.4 is 5.73 Å². The Morgan fingerprint density at radius 2 is 2.28 bits per heavy atom. The van der Waals surface area contributed by atoms with Gasteiger partial charge in [-0.05, 0) is 0 Å². The summed E-state index contributed by atoms with van der Waals surface area (Å²) < 4.78 is 3.60. The molecular weight excluding hydrogens is 232 g/mol. The van der Waals surface area contributed by atoms with Gasteiger partial charge in [-0.3, -0.25) is 9.48 Å². The zero-order valence-corrected chi connectivity index (χ0v) is 10.1. The van der Waals surface area contributed by atoms with Crippen LogP contribution in [0.3, 0.4) is 0 Å². The Labute approximate surface area is 104 Å². The van der Waals surface area contributed by atoms with Crippen LogP contribution in [0.1, 0.15) is 16.3 Å². The molecule has 0 bridgehead atoms. The van der Waals surface area contributed by atoms with Crippen LogP contribution >= 0.6 is 0 Å². The van der Waals surface area contributed by atoms with Gasteiger partial charge in [0.25, 0.3) is 5.91 Å². The number of imidazole rings is 1. The molecule has 0 aromatic carbocycles. The van der Waals surface area contributed by atoms with Gasteiger partial charge >= 0.3 is 0 Å². The lowest BCUT2D eigenvalue weighted by Gasteiger charge is -2.27. The van der Waals surface area contributed by atoms with Crippen molar-refractivity contribution >= 4 is 11.6 Å². The van der Waals surface area contributed by atoms with E-state index in [-0.39, 0.29) is 5.91 Å². The average Bonchev–Trinajstić information content (AvgIpc) is 2.93. The van der Waals surface area contributed by atoms with Crippen LogP contribution in [-0.4, -0.2) is 36.7 Å². The third-order valence-electron chi connectivity index (χ3n) is 3.09. The number of carbonyl (C=O) groups is 1. The zero-order valence-electron chi connectivity index (χ0n) is 10.1. The normalized spacial score (nSPS) is 14.6. The average molecular weight is 246 g/mol. The summed E-state index contributed by atoms with van der Waals surface area (Å²) in [5.41, 5.74) is 6.50. The molecule has 0 atom stereocenters. The number of aromatic nitrogens is 4. The number of anilines is 1. The van der Waals surface area contributed by atoms with E-state index in [1.165, 1.54) is 0 Å². The molecule has 0 aliphatic carbocycles. The summed E-state index contributed by atoms with van der Waals surface area (Å²) in [4.78, 5) is 18.2. The highest BCUT2D eigenvalue weighted by molar-refractivity contribution is 5.97. The molecule has 2 aromatic rings. The third kappa shape index (κ3) is 1.64. The lowest BCUT2D eigenvalue weighted by atomic mass is 10.3. The second-order valence-electron chi connectivity index (χ2n) is 4.37. The molecule has 1 aliphatic heterocycles. The zero-order chi connectivity index (χ0) is 12.7. The number of nitrogen functional groups attached to an aromatic ring is 1. The van der Waals surface area contributed by atoms with Crippen molar-refractivity contribution in [2.24, 2.45) is 7.05 Å². The summed E-state index contributed by atoms with van der Waals surface area (Å²) in [6, 6.07) is 0. The van der Waals surface area contributed by atoms with Crippen molar-refractivity contribution < 1.29 is 4.79 Å². The van der Waals surface area contributed by atoms with Gasteiger partial charge < -0.3 is 15.2 Å². The fourth-order valence-corrected chi connectivity index (χ4v) is 2.17. The Balaban J connectivity index is 1.85. The molecule has 7 nitrogen and oxygen atoms in total. The van der Waals surface area contributed by atoms with Gasteiger partial charge in [-0.25, -0.2) is 4.98 Å². The maximum Gasteiger partial charge on any atom is 0.276 e. The van der Waals surface area contributed by atoms with Crippen molar-refractivity contribution in [3.05, 3.63) is 30.1 Å². The number of nitrogens with zero attached hydrogens (tertiary/aromatic N) is 5. The summed E-state index contributed by atoms with van der Waals surface area (Å²) in [5, 5.41) is 4.10. The van der Waals surface area contributed by atoms with E-state index in [0.717, 1.165) is 12.4 Å². The summed E-state index contributed by atoms with van der Waals surface area (Å²) in [6.45, 7) is 1.91. The standard InChI is InChI=1S/C11H14N6O/c1-15-6-8(12)10(14-15)11(18)17-5-4-16-3-2-13-9(16)7-17/h2-3,6H,4-5,7,12H2,1H3. The molecule has 1 amide bonds. The molecule has 0 spiro atoms. The minimum atomic E-state index is -0.137. The number of fused-ring (bicyclic) bond motifs is 1. The molecule has 3 rings (SSSR count). The number of hydrogen-bond donors (Lipinski definition) is 1. The van der Waals surface area contributed by atoms with E-state index in [1.807, 2.05) is 10.8 Å². The highest BCUT2D eigenvalue weighted by Crippen LogP contribution is 2.16. The van der Waals surface area contributed by atoms with Gasteiger partial charge in [-0.15, -0.1) is 0 Å². The van der Waals surface area contributed by atoms with Gasteiger partial charge in [0, 0.05) is 38.7 Å². The summed E-state index contributed by atoms with van der Waals surface area (Å²) >= 11 is 0. The number of aryl methyl sites for hydroxylation is 1. The first-order valence-corrected chi connectivity index (χ1v) is 5.73. The van der Waals surface area contributed by atoms with Gasteiger partial charge in [-0.1, -0.05) is 0 Å². The molecule has 94 valence electrons. The maximum absolute atomic E-state index is 12.3. The molecule has 2 N–H and O–H groups in total. The fraction of sp³-hybridized carbons (Fsp3) is 0.364. The van der Waals surface area contributed by atoms with Crippen LogP contribution in [0.5, 0.6) is 0 Å². The number of rotatable bonds is 1. The second-order valence-corrected chi connectivity index (χ2v) is 4.37. The van der Waals surface area contributed by atoms with Crippen molar-refractivity contribution in [3.63, 3.8) is 0 Å². The van der Waals surface area contributed by atoms with Gasteiger partial charge in [0.15, 0.2) is 5.69 Å². The molecule has 3 heterocycles. The van der Waals surface area contributed by atoms with E-state index in [4.69, 9.17) is 5.73 Å². The minimum absolute atomic E-state index is 0.137. The smallest absolute Gasteiger partial charge is 0.276 e. The highest BCUT2D eigenvalue weighted by atomic mass is 16.2. The lowest BCUT2D eigenvalue weighted by molar-refractivity contribution is 0.0702. The van der Waals surface area contributed by atoms with Crippen molar-refractivity contribution in [1.82, 2.24) is 24.2 Å². The fourth-order valence-electron chi connectivity index (χ4n) is 2.17. The summed E-state index contributed by atoms with van der Waals surface area (Å²) in [5.74, 6) is 0.756. The van der Waals surface area contributed by atoms with E-state index in [2.05, 4.69) is 10.1 Å². The Morgan fingerprint density at radius 3 is 3.00 bits per heavy atom. The predicted molar refractivity (Wildman–Crippen MR) is 64.6 cm³/mol. The van der Waals surface area contributed by atoms with Crippen molar-refractivity contribution in [2.75, 3.05) is 12.3 Å². The largest absolute Gasteiger partial charge is 0.396 e. The van der Waals surface area contributed by atoms with E-state index in [9.17, 15) is 4.79 Å². The molecular formula is C11H14N6O. The van der Waals surface area contributed by atoms with Crippen molar-refractivity contribution in [2.45, 2.75) is 13.1 Å². The monoisotopic (exact) mass is 246 g/mol. The number of nitrogens with two attached hydrogens (primary N) is 1. The van der Waals surface area contributed by atoms with Gasteiger partial charge in [0.2, 0.25) is 0 Å². The number of hydrogen-bond acceptors (Lipinski definition) is 4. The van der Waals surface area contributed by atoms with Crippen LogP contribution in [-0.2, 0) is 20.1 Å². The van der Waals surface area contributed by atoms with Crippen LogP contribution in [0.25, 0.3) is 0 Å². The van der Waals surface area contributed by atoms with Gasteiger partial charge in [0.1, 0.15) is 5.82 Å². The number of carbonyl (C=O) groups excluding carboxylic acids is 1. The molecule has 0 saturated carbocycles. The first-order valence-electron chi connectivity index (χ1n) is 5.73. The molecule has 1 aliphatic rings. The molecule has 0 fully saturated rings. The van der Waals surface area contributed by atoms with Crippen LogP contribution in [0.2, 0.25) is 0 Å². The van der Waals surface area contributed by atoms with Gasteiger partial charge in [0.05, 0.1) is 12.2 Å². The minimum Gasteiger partial charge on any atom is -0.396 e. The SMILES string of the molecule is Cn1cc(N)c(C(=O)N2CCn3ccnc3C2)n1. The second kappa shape index (κ2) is 3.86. The maximum atomic E-state index is 12.3. The summed E-state index contributed by atoms with van der Waals surface area (Å²) in [7, 11) is 1.75. The lowest BCUT2D eigenvalue weighted by Crippen LogP contribution is -2.38. The van der Waals surface area contributed by atoms with Crippen LogP contribution in [0.15, 0.2) is 18.6 Å². The molecule has 0 unspecified atom stereocenters. The molecule has 7 heteroatoms. The van der Waals surface area contributed by atoms with Gasteiger partial charge in [-0.2, -0.15) is 5.10 Å². The number of amides is 1. The first-order chi connectivity index (χ1) is 8.65. The Hall–Kier alpha value is -2.31.